The third-order valence-corrected chi connectivity index (χ3v) is 5.36. The Bertz CT molecular complexity index is 869. The van der Waals surface area contributed by atoms with Crippen molar-refractivity contribution in [3.05, 3.63) is 64.2 Å². The van der Waals surface area contributed by atoms with E-state index < -0.39 is 15.9 Å². The predicted molar refractivity (Wildman–Crippen MR) is 96.0 cm³/mol. The molecule has 0 fully saturated rings. The van der Waals surface area contributed by atoms with Crippen LogP contribution in [0.1, 0.15) is 21.5 Å². The highest BCUT2D eigenvalue weighted by atomic mass is 35.5. The van der Waals surface area contributed by atoms with Crippen molar-refractivity contribution in [1.82, 2.24) is 10.0 Å². The fourth-order valence-corrected chi connectivity index (χ4v) is 3.22. The molecule has 2 N–H and O–H groups in total. The van der Waals surface area contributed by atoms with Gasteiger partial charge in [-0.3, -0.25) is 4.79 Å². The zero-order valence-corrected chi connectivity index (χ0v) is 15.4. The molecule has 0 spiro atoms. The molecule has 1 amide bonds. The van der Waals surface area contributed by atoms with Gasteiger partial charge in [-0.05, 0) is 36.4 Å². The second-order valence-corrected chi connectivity index (χ2v) is 7.53. The monoisotopic (exact) mass is 382 g/mol. The highest BCUT2D eigenvalue weighted by Gasteiger charge is 2.17. The molecule has 2 aromatic rings. The smallest absolute Gasteiger partial charge is 0.253 e. The number of hydrogen-bond donors (Lipinski definition) is 2. The summed E-state index contributed by atoms with van der Waals surface area (Å²) in [4.78, 5) is 12.4. The highest BCUT2D eigenvalue weighted by molar-refractivity contribution is 7.89. The van der Waals surface area contributed by atoms with E-state index in [1.165, 1.54) is 25.2 Å². The number of rotatable bonds is 7. The molecule has 0 aromatic heterocycles. The maximum absolute atomic E-state index is 12.4. The fraction of sp³-hybridized carbons (Fsp3) is 0.235. The summed E-state index contributed by atoms with van der Waals surface area (Å²) in [6, 6.07) is 11.6. The topological polar surface area (TPSA) is 84.5 Å². The quantitative estimate of drug-likeness (QED) is 0.769. The summed E-state index contributed by atoms with van der Waals surface area (Å²) in [7, 11) is -0.755. The lowest BCUT2D eigenvalue weighted by Gasteiger charge is -2.12. The number of methoxy groups -OCH3 is 1. The van der Waals surface area contributed by atoms with Crippen molar-refractivity contribution >= 4 is 27.5 Å². The largest absolute Gasteiger partial charge is 0.380 e. The lowest BCUT2D eigenvalue weighted by atomic mass is 10.1. The maximum atomic E-state index is 12.4. The van der Waals surface area contributed by atoms with E-state index >= 15 is 0 Å². The molecule has 0 atom stereocenters. The second kappa shape index (κ2) is 8.44. The van der Waals surface area contributed by atoms with E-state index in [-0.39, 0.29) is 22.0 Å². The van der Waals surface area contributed by atoms with Gasteiger partial charge < -0.3 is 10.1 Å². The molecule has 134 valence electrons. The Morgan fingerprint density at radius 1 is 1.16 bits per heavy atom. The van der Waals surface area contributed by atoms with E-state index in [2.05, 4.69) is 10.0 Å². The number of carbonyl (C=O) groups excluding carboxylic acids is 1. The Kier molecular flexibility index (Phi) is 6.55. The van der Waals surface area contributed by atoms with Gasteiger partial charge in [0.2, 0.25) is 10.0 Å². The standard InChI is InChI=1S/C17H19ClN2O4S/c1-19-25(22,23)14-7-8-16(18)15(9-14)17(21)20-10-12-5-3-4-6-13(12)11-24-2/h3-9,19H,10-11H2,1-2H3,(H,20,21). The molecule has 0 saturated carbocycles. The number of hydrogen-bond acceptors (Lipinski definition) is 4. The van der Waals surface area contributed by atoms with Crippen LogP contribution in [0.5, 0.6) is 0 Å². The van der Waals surface area contributed by atoms with Crippen molar-refractivity contribution < 1.29 is 17.9 Å². The molecule has 0 saturated heterocycles. The molecule has 0 heterocycles. The minimum absolute atomic E-state index is 0.0238. The summed E-state index contributed by atoms with van der Waals surface area (Å²) in [6.45, 7) is 0.709. The van der Waals surface area contributed by atoms with Gasteiger partial charge in [0.25, 0.3) is 5.91 Å². The van der Waals surface area contributed by atoms with Crippen LogP contribution in [0.4, 0.5) is 0 Å². The first kappa shape index (κ1) is 19.4. The van der Waals surface area contributed by atoms with Gasteiger partial charge in [0.05, 0.1) is 22.1 Å². The van der Waals surface area contributed by atoms with E-state index in [1.807, 2.05) is 24.3 Å². The molecule has 2 rings (SSSR count). The molecule has 0 aliphatic carbocycles. The van der Waals surface area contributed by atoms with Crippen molar-refractivity contribution in [3.63, 3.8) is 0 Å². The van der Waals surface area contributed by atoms with Crippen LogP contribution in [0.15, 0.2) is 47.4 Å². The zero-order valence-electron chi connectivity index (χ0n) is 13.9. The van der Waals surface area contributed by atoms with Crippen molar-refractivity contribution in [2.45, 2.75) is 18.0 Å². The Hall–Kier alpha value is -1.93. The van der Waals surface area contributed by atoms with Crippen LogP contribution < -0.4 is 10.0 Å². The summed E-state index contributed by atoms with van der Waals surface area (Å²) < 4.78 is 31.1. The SMILES string of the molecule is CNS(=O)(=O)c1ccc(Cl)c(C(=O)NCc2ccccc2COC)c1. The van der Waals surface area contributed by atoms with E-state index in [4.69, 9.17) is 16.3 Å². The van der Waals surface area contributed by atoms with Gasteiger partial charge in [-0.2, -0.15) is 0 Å². The van der Waals surface area contributed by atoms with Crippen LogP contribution in [0.2, 0.25) is 5.02 Å². The Morgan fingerprint density at radius 2 is 1.84 bits per heavy atom. The molecule has 0 radical (unpaired) electrons. The minimum Gasteiger partial charge on any atom is -0.380 e. The van der Waals surface area contributed by atoms with Gasteiger partial charge in [0.1, 0.15) is 0 Å². The number of carbonyl (C=O) groups is 1. The first-order valence-electron chi connectivity index (χ1n) is 7.46. The molecule has 6 nitrogen and oxygen atoms in total. The molecule has 0 aliphatic heterocycles. The summed E-state index contributed by atoms with van der Waals surface area (Å²) in [5.41, 5.74) is 1.97. The maximum Gasteiger partial charge on any atom is 0.253 e. The number of halogens is 1. The Morgan fingerprint density at radius 3 is 2.48 bits per heavy atom. The lowest BCUT2D eigenvalue weighted by Crippen LogP contribution is -2.25. The van der Waals surface area contributed by atoms with Crippen LogP contribution in [0.25, 0.3) is 0 Å². The first-order valence-corrected chi connectivity index (χ1v) is 9.32. The molecule has 0 bridgehead atoms. The van der Waals surface area contributed by atoms with Crippen molar-refractivity contribution in [3.8, 4) is 0 Å². The van der Waals surface area contributed by atoms with Gasteiger partial charge in [-0.15, -0.1) is 0 Å². The van der Waals surface area contributed by atoms with Crippen LogP contribution in [0.3, 0.4) is 0 Å². The van der Waals surface area contributed by atoms with E-state index in [0.717, 1.165) is 11.1 Å². The van der Waals surface area contributed by atoms with Crippen LogP contribution in [0, 0.1) is 0 Å². The van der Waals surface area contributed by atoms with Crippen molar-refractivity contribution in [2.24, 2.45) is 0 Å². The zero-order chi connectivity index (χ0) is 18.4. The van der Waals surface area contributed by atoms with Crippen molar-refractivity contribution in [1.29, 1.82) is 0 Å². The van der Waals surface area contributed by atoms with Gasteiger partial charge in [0, 0.05) is 13.7 Å². The summed E-state index contributed by atoms with van der Waals surface area (Å²) in [5.74, 6) is -0.453. The minimum atomic E-state index is -3.66. The molecule has 25 heavy (non-hydrogen) atoms. The summed E-state index contributed by atoms with van der Waals surface area (Å²) in [5, 5.41) is 2.94. The Labute approximate surface area is 152 Å². The second-order valence-electron chi connectivity index (χ2n) is 5.23. The number of ether oxygens (including phenoxy) is 1. The number of sulfonamides is 1. The summed E-state index contributed by atoms with van der Waals surface area (Å²) in [6.07, 6.45) is 0. The molecular weight excluding hydrogens is 364 g/mol. The highest BCUT2D eigenvalue weighted by Crippen LogP contribution is 2.20. The molecular formula is C17H19ClN2O4S. The first-order chi connectivity index (χ1) is 11.9. The third-order valence-electron chi connectivity index (χ3n) is 3.62. The van der Waals surface area contributed by atoms with Gasteiger partial charge in [-0.25, -0.2) is 13.1 Å². The van der Waals surface area contributed by atoms with E-state index in [0.29, 0.717) is 6.61 Å². The van der Waals surface area contributed by atoms with Crippen molar-refractivity contribution in [2.75, 3.05) is 14.2 Å². The lowest BCUT2D eigenvalue weighted by molar-refractivity contribution is 0.0950. The van der Waals surface area contributed by atoms with Crippen LogP contribution in [-0.2, 0) is 27.9 Å². The normalized spacial score (nSPS) is 11.3. The van der Waals surface area contributed by atoms with Gasteiger partial charge in [0.15, 0.2) is 0 Å². The van der Waals surface area contributed by atoms with E-state index in [1.54, 1.807) is 7.11 Å². The molecule has 2 aromatic carbocycles. The number of nitrogens with one attached hydrogen (secondary N) is 2. The Balaban J connectivity index is 2.20. The van der Waals surface area contributed by atoms with Crippen LogP contribution in [-0.4, -0.2) is 28.5 Å². The number of amides is 1. The third kappa shape index (κ3) is 4.79. The molecule has 0 unspecified atom stereocenters. The number of benzene rings is 2. The van der Waals surface area contributed by atoms with Gasteiger partial charge >= 0.3 is 0 Å². The fourth-order valence-electron chi connectivity index (χ4n) is 2.26. The summed E-state index contributed by atoms with van der Waals surface area (Å²) >= 11 is 6.05. The molecule has 8 heteroatoms. The molecule has 0 aliphatic rings. The predicted octanol–water partition coefficient (Wildman–Crippen LogP) is 2.32. The van der Waals surface area contributed by atoms with E-state index in [9.17, 15) is 13.2 Å². The average Bonchev–Trinajstić information content (AvgIpc) is 2.61. The van der Waals surface area contributed by atoms with Gasteiger partial charge in [-0.1, -0.05) is 35.9 Å². The average molecular weight is 383 g/mol. The van der Waals surface area contributed by atoms with Crippen LogP contribution >= 0.6 is 11.6 Å².